The zero-order valence-electron chi connectivity index (χ0n) is 13.4. The molecule has 0 aliphatic heterocycles. The van der Waals surface area contributed by atoms with Crippen LogP contribution in [0.5, 0.6) is 11.5 Å². The molecule has 0 atom stereocenters. The zero-order chi connectivity index (χ0) is 16.9. The van der Waals surface area contributed by atoms with Gasteiger partial charge in [0.25, 0.3) is 0 Å². The van der Waals surface area contributed by atoms with Crippen molar-refractivity contribution in [3.05, 3.63) is 54.2 Å². The van der Waals surface area contributed by atoms with Crippen LogP contribution in [-0.4, -0.2) is 30.3 Å². The molecular weight excluding hydrogens is 306 g/mol. The number of anilines is 1. The van der Waals surface area contributed by atoms with E-state index in [4.69, 9.17) is 9.47 Å². The number of hydrogen-bond donors (Lipinski definition) is 2. The van der Waals surface area contributed by atoms with Crippen molar-refractivity contribution >= 4 is 28.6 Å². The molecule has 1 heterocycles. The minimum atomic E-state index is -0.237. The first-order valence-electron chi connectivity index (χ1n) is 7.34. The number of rotatable bonds is 5. The quantitative estimate of drug-likeness (QED) is 0.707. The van der Waals surface area contributed by atoms with E-state index < -0.39 is 0 Å². The molecule has 2 aromatic carbocycles. The maximum absolute atomic E-state index is 12.2. The largest absolute Gasteiger partial charge is 0.497 e. The van der Waals surface area contributed by atoms with E-state index in [-0.39, 0.29) is 5.91 Å². The first kappa shape index (κ1) is 15.6. The summed E-state index contributed by atoms with van der Waals surface area (Å²) in [5.41, 5.74) is 2.28. The normalized spacial score (nSPS) is 10.9. The van der Waals surface area contributed by atoms with Crippen molar-refractivity contribution in [1.82, 2.24) is 10.2 Å². The van der Waals surface area contributed by atoms with Crippen molar-refractivity contribution in [3.8, 4) is 11.5 Å². The molecular formula is C18H17N3O3. The molecule has 24 heavy (non-hydrogen) atoms. The number of ether oxygens (including phenoxy) is 2. The number of amides is 1. The van der Waals surface area contributed by atoms with Crippen LogP contribution in [0.15, 0.2) is 48.7 Å². The third-order valence-electron chi connectivity index (χ3n) is 3.54. The minimum Gasteiger partial charge on any atom is -0.497 e. The first-order valence-corrected chi connectivity index (χ1v) is 7.34. The smallest absolute Gasteiger partial charge is 0.248 e. The number of aromatic nitrogens is 2. The Morgan fingerprint density at radius 1 is 1.17 bits per heavy atom. The first-order chi connectivity index (χ1) is 11.7. The average molecular weight is 323 g/mol. The summed E-state index contributed by atoms with van der Waals surface area (Å²) in [4.78, 5) is 12.2. The summed E-state index contributed by atoms with van der Waals surface area (Å²) >= 11 is 0. The molecule has 0 aliphatic rings. The van der Waals surface area contributed by atoms with Gasteiger partial charge in [0.05, 0.1) is 31.6 Å². The third kappa shape index (κ3) is 3.38. The van der Waals surface area contributed by atoms with Crippen molar-refractivity contribution in [2.45, 2.75) is 0 Å². The highest BCUT2D eigenvalue weighted by atomic mass is 16.5. The lowest BCUT2D eigenvalue weighted by atomic mass is 10.2. The van der Waals surface area contributed by atoms with Crippen LogP contribution in [0, 0.1) is 0 Å². The average Bonchev–Trinajstić information content (AvgIpc) is 3.09. The summed E-state index contributed by atoms with van der Waals surface area (Å²) in [6.45, 7) is 0. The van der Waals surface area contributed by atoms with Gasteiger partial charge < -0.3 is 14.8 Å². The highest BCUT2D eigenvalue weighted by Crippen LogP contribution is 2.23. The van der Waals surface area contributed by atoms with E-state index in [1.54, 1.807) is 32.6 Å². The lowest BCUT2D eigenvalue weighted by Crippen LogP contribution is -2.08. The SMILES string of the molecule is COc1cc(/C=C/C(=O)Nc2cccc3cn[nH]c23)cc(OC)c1. The van der Waals surface area contributed by atoms with Crippen LogP contribution in [0.3, 0.4) is 0 Å². The number of benzene rings is 2. The Balaban J connectivity index is 1.77. The van der Waals surface area contributed by atoms with Crippen LogP contribution in [0.1, 0.15) is 5.56 Å². The summed E-state index contributed by atoms with van der Waals surface area (Å²) in [6.07, 6.45) is 4.88. The molecule has 1 aromatic heterocycles. The van der Waals surface area contributed by atoms with E-state index in [0.29, 0.717) is 17.2 Å². The topological polar surface area (TPSA) is 76.2 Å². The number of hydrogen-bond acceptors (Lipinski definition) is 4. The Morgan fingerprint density at radius 3 is 2.62 bits per heavy atom. The molecule has 3 aromatic rings. The number of carbonyl (C=O) groups is 1. The lowest BCUT2D eigenvalue weighted by Gasteiger charge is -2.06. The second-order valence-electron chi connectivity index (χ2n) is 5.11. The number of H-pyrrole nitrogens is 1. The molecule has 0 unspecified atom stereocenters. The second-order valence-corrected chi connectivity index (χ2v) is 5.11. The van der Waals surface area contributed by atoms with Crippen molar-refractivity contribution in [3.63, 3.8) is 0 Å². The maximum Gasteiger partial charge on any atom is 0.248 e. The predicted molar refractivity (Wildman–Crippen MR) is 93.3 cm³/mol. The van der Waals surface area contributed by atoms with Gasteiger partial charge in [-0.05, 0) is 29.8 Å². The monoisotopic (exact) mass is 323 g/mol. The molecule has 0 saturated heterocycles. The number of nitrogens with one attached hydrogen (secondary N) is 2. The van der Waals surface area contributed by atoms with Crippen molar-refractivity contribution in [2.75, 3.05) is 19.5 Å². The fourth-order valence-electron chi connectivity index (χ4n) is 2.35. The van der Waals surface area contributed by atoms with E-state index in [1.165, 1.54) is 6.08 Å². The molecule has 0 aliphatic carbocycles. The Bertz CT molecular complexity index is 877. The molecule has 0 spiro atoms. The summed E-state index contributed by atoms with van der Waals surface area (Å²) < 4.78 is 10.4. The van der Waals surface area contributed by atoms with E-state index in [1.807, 2.05) is 30.3 Å². The van der Waals surface area contributed by atoms with Gasteiger partial charge >= 0.3 is 0 Å². The Morgan fingerprint density at radius 2 is 1.92 bits per heavy atom. The van der Waals surface area contributed by atoms with Gasteiger partial charge in [-0.2, -0.15) is 5.10 Å². The van der Waals surface area contributed by atoms with Crippen molar-refractivity contribution in [2.24, 2.45) is 0 Å². The summed E-state index contributed by atoms with van der Waals surface area (Å²) in [7, 11) is 3.17. The molecule has 1 amide bonds. The van der Waals surface area contributed by atoms with E-state index in [0.717, 1.165) is 16.5 Å². The number of methoxy groups -OCH3 is 2. The van der Waals surface area contributed by atoms with Crippen LogP contribution >= 0.6 is 0 Å². The maximum atomic E-state index is 12.2. The van der Waals surface area contributed by atoms with Crippen molar-refractivity contribution < 1.29 is 14.3 Å². The van der Waals surface area contributed by atoms with Gasteiger partial charge in [-0.25, -0.2) is 0 Å². The zero-order valence-corrected chi connectivity index (χ0v) is 13.4. The standard InChI is InChI=1S/C18H17N3O3/c1-23-14-8-12(9-15(10-14)24-2)6-7-17(22)20-16-5-3-4-13-11-19-21-18(13)16/h3-11H,1-2H3,(H,19,21)(H,20,22)/b7-6+. The highest BCUT2D eigenvalue weighted by molar-refractivity contribution is 6.06. The lowest BCUT2D eigenvalue weighted by molar-refractivity contribution is -0.111. The molecule has 0 saturated carbocycles. The molecule has 3 rings (SSSR count). The van der Waals surface area contributed by atoms with Crippen LogP contribution in [0.2, 0.25) is 0 Å². The van der Waals surface area contributed by atoms with Crippen LogP contribution in [0.25, 0.3) is 17.0 Å². The number of nitrogens with zero attached hydrogens (tertiary/aromatic N) is 1. The van der Waals surface area contributed by atoms with Gasteiger partial charge in [-0.15, -0.1) is 0 Å². The van der Waals surface area contributed by atoms with Crippen molar-refractivity contribution in [1.29, 1.82) is 0 Å². The third-order valence-corrected chi connectivity index (χ3v) is 3.54. The van der Waals surface area contributed by atoms with Crippen LogP contribution in [-0.2, 0) is 4.79 Å². The molecule has 0 fully saturated rings. The van der Waals surface area contributed by atoms with Gasteiger partial charge in [0.1, 0.15) is 11.5 Å². The molecule has 0 radical (unpaired) electrons. The molecule has 122 valence electrons. The van der Waals surface area contributed by atoms with E-state index >= 15 is 0 Å². The molecule has 6 nitrogen and oxygen atoms in total. The molecule has 0 bridgehead atoms. The van der Waals surface area contributed by atoms with E-state index in [2.05, 4.69) is 15.5 Å². The van der Waals surface area contributed by atoms with Crippen LogP contribution in [0.4, 0.5) is 5.69 Å². The van der Waals surface area contributed by atoms with Crippen LogP contribution < -0.4 is 14.8 Å². The van der Waals surface area contributed by atoms with Gasteiger partial charge in [0.15, 0.2) is 0 Å². The Hall–Kier alpha value is -3.28. The number of carbonyl (C=O) groups excluding carboxylic acids is 1. The van der Waals surface area contributed by atoms with Gasteiger partial charge in [0.2, 0.25) is 5.91 Å². The Labute approximate surface area is 139 Å². The summed E-state index contributed by atoms with van der Waals surface area (Å²) in [6, 6.07) is 11.0. The number of para-hydroxylation sites is 1. The second kappa shape index (κ2) is 6.87. The summed E-state index contributed by atoms with van der Waals surface area (Å²) in [5.74, 6) is 1.09. The molecule has 2 N–H and O–H groups in total. The van der Waals surface area contributed by atoms with E-state index in [9.17, 15) is 4.79 Å². The fourth-order valence-corrected chi connectivity index (χ4v) is 2.35. The molecule has 6 heteroatoms. The minimum absolute atomic E-state index is 0.237. The Kier molecular flexibility index (Phi) is 4.47. The van der Waals surface area contributed by atoms with Gasteiger partial charge in [0, 0.05) is 17.5 Å². The van der Waals surface area contributed by atoms with Gasteiger partial charge in [-0.3, -0.25) is 9.89 Å². The number of fused-ring (bicyclic) bond motifs is 1. The highest BCUT2D eigenvalue weighted by Gasteiger charge is 2.05. The summed E-state index contributed by atoms with van der Waals surface area (Å²) in [5, 5.41) is 10.6. The fraction of sp³-hybridized carbons (Fsp3) is 0.111. The van der Waals surface area contributed by atoms with Gasteiger partial charge in [-0.1, -0.05) is 12.1 Å². The number of aromatic amines is 1. The predicted octanol–water partition coefficient (Wildman–Crippen LogP) is 3.23.